The first-order valence-corrected chi connectivity index (χ1v) is 11.6. The molecule has 1 saturated carbocycles. The summed E-state index contributed by atoms with van der Waals surface area (Å²) in [4.78, 5) is 18.1. The van der Waals surface area contributed by atoms with Gasteiger partial charge in [-0.05, 0) is 81.6 Å². The highest BCUT2D eigenvalue weighted by Gasteiger charge is 2.40. The minimum Gasteiger partial charge on any atom is -0.481 e. The maximum absolute atomic E-state index is 11.2. The average Bonchev–Trinajstić information content (AvgIpc) is 2.59. The second-order valence-electron chi connectivity index (χ2n) is 9.01. The molecule has 1 aliphatic carbocycles. The molecule has 1 saturated heterocycles. The molecule has 2 aliphatic rings. The summed E-state index contributed by atoms with van der Waals surface area (Å²) in [6, 6.07) is 0. The lowest BCUT2D eigenvalue weighted by Crippen LogP contribution is -2.44. The number of aliphatic hydroxyl groups is 1. The fourth-order valence-electron chi connectivity index (χ4n) is 3.92. The number of hydrogen-bond acceptors (Lipinski definition) is 4. The van der Waals surface area contributed by atoms with E-state index < -0.39 is 11.6 Å². The average molecular weight is 471 g/mol. The van der Waals surface area contributed by atoms with E-state index >= 15 is 0 Å². The van der Waals surface area contributed by atoms with Crippen LogP contribution in [0.25, 0.3) is 0 Å². The molecule has 1 aromatic heterocycles. The number of carboxylic acids is 1. The molecule has 2 heterocycles. The van der Waals surface area contributed by atoms with Crippen molar-refractivity contribution in [3.05, 3.63) is 21.4 Å². The van der Waals surface area contributed by atoms with Crippen molar-refractivity contribution in [1.29, 1.82) is 0 Å². The molecule has 0 amide bonds. The second kappa shape index (κ2) is 10.8. The van der Waals surface area contributed by atoms with E-state index in [2.05, 4.69) is 25.8 Å². The molecule has 2 fully saturated rings. The number of piperidine rings is 1. The van der Waals surface area contributed by atoms with Crippen LogP contribution >= 0.6 is 15.9 Å². The largest absolute Gasteiger partial charge is 0.481 e. The third kappa shape index (κ3) is 7.56. The molecule has 0 bridgehead atoms. The van der Waals surface area contributed by atoms with Gasteiger partial charge in [-0.25, -0.2) is 0 Å². The Hall–Kier alpha value is -1.14. The Balaban J connectivity index is 0.000000527. The summed E-state index contributed by atoms with van der Waals surface area (Å²) in [5.74, 6) is -0.797. The van der Waals surface area contributed by atoms with Gasteiger partial charge in [0.25, 0.3) is 0 Å². The van der Waals surface area contributed by atoms with Crippen LogP contribution in [0.3, 0.4) is 0 Å². The van der Waals surface area contributed by atoms with E-state index in [0.717, 1.165) is 40.2 Å². The number of carboxylic acid groups (broad SMARTS) is 1. The minimum absolute atomic E-state index is 0.0364. The molecule has 5 nitrogen and oxygen atoms in total. The number of aliphatic carboxylic acids is 1. The van der Waals surface area contributed by atoms with Gasteiger partial charge in [-0.1, -0.05) is 20.3 Å². The van der Waals surface area contributed by atoms with Crippen molar-refractivity contribution in [2.24, 2.45) is 5.41 Å². The number of halogens is 1. The molecule has 0 radical (unpaired) electrons. The zero-order valence-electron chi connectivity index (χ0n) is 19.2. The van der Waals surface area contributed by atoms with E-state index in [9.17, 15) is 9.90 Å². The van der Waals surface area contributed by atoms with Gasteiger partial charge in [-0.15, -0.1) is 0 Å². The van der Waals surface area contributed by atoms with Crippen LogP contribution in [0.15, 0.2) is 4.47 Å². The molecular formula is C23H39BrN2O3. The lowest BCUT2D eigenvalue weighted by Gasteiger charge is -2.49. The van der Waals surface area contributed by atoms with Crippen molar-refractivity contribution in [3.8, 4) is 0 Å². The van der Waals surface area contributed by atoms with E-state index in [1.54, 1.807) is 20.8 Å². The van der Waals surface area contributed by atoms with Crippen molar-refractivity contribution in [2.75, 3.05) is 18.0 Å². The molecule has 0 atom stereocenters. The fraction of sp³-hybridized carbons (Fsp3) is 0.739. The summed E-state index contributed by atoms with van der Waals surface area (Å²) in [6.45, 7) is 15.2. The highest BCUT2D eigenvalue weighted by Crippen LogP contribution is 2.50. The van der Waals surface area contributed by atoms with Gasteiger partial charge in [0.15, 0.2) is 0 Å². The monoisotopic (exact) mass is 470 g/mol. The standard InChI is InChI=1S/C17H23BrN2O2.C4H10O.C2H6/c1-11-13(10-14(21)22)16(15(18)12(2)19-11)20-8-6-17(7-9-20)4-3-5-17;1-4(2,3)5;1-2/h3-10H2,1-2H3,(H,21,22);5H,1-3H3;1-2H3. The molecule has 6 heteroatoms. The summed E-state index contributed by atoms with van der Waals surface area (Å²) in [5.41, 5.74) is 3.77. The number of aryl methyl sites for hydroxylation is 2. The van der Waals surface area contributed by atoms with Crippen LogP contribution in [-0.4, -0.2) is 39.9 Å². The number of rotatable bonds is 3. The maximum Gasteiger partial charge on any atom is 0.307 e. The molecular weight excluding hydrogens is 432 g/mol. The van der Waals surface area contributed by atoms with Gasteiger partial charge in [0.05, 0.1) is 27.9 Å². The molecule has 1 aliphatic heterocycles. The quantitative estimate of drug-likeness (QED) is 0.595. The van der Waals surface area contributed by atoms with E-state index in [-0.39, 0.29) is 6.42 Å². The van der Waals surface area contributed by atoms with Crippen LogP contribution < -0.4 is 4.90 Å². The van der Waals surface area contributed by atoms with Crippen molar-refractivity contribution in [2.45, 2.75) is 92.6 Å². The Kier molecular flexibility index (Phi) is 9.61. The first-order chi connectivity index (χ1) is 13.4. The number of hydrogen-bond donors (Lipinski definition) is 2. The zero-order valence-corrected chi connectivity index (χ0v) is 20.8. The van der Waals surface area contributed by atoms with Crippen LogP contribution in [0.1, 0.15) is 83.7 Å². The predicted molar refractivity (Wildman–Crippen MR) is 124 cm³/mol. The van der Waals surface area contributed by atoms with Crippen molar-refractivity contribution in [1.82, 2.24) is 4.98 Å². The molecule has 0 aromatic carbocycles. The van der Waals surface area contributed by atoms with Crippen molar-refractivity contribution in [3.63, 3.8) is 0 Å². The fourth-order valence-corrected chi connectivity index (χ4v) is 4.50. The Labute approximate surface area is 185 Å². The van der Waals surface area contributed by atoms with Gasteiger partial charge in [0.1, 0.15) is 0 Å². The summed E-state index contributed by atoms with van der Waals surface area (Å²) in [5, 5.41) is 17.8. The summed E-state index contributed by atoms with van der Waals surface area (Å²) in [6.07, 6.45) is 6.62. The first kappa shape index (κ1) is 25.9. The van der Waals surface area contributed by atoms with Gasteiger partial charge in [0.2, 0.25) is 0 Å². The maximum atomic E-state index is 11.2. The van der Waals surface area contributed by atoms with E-state index in [1.807, 2.05) is 27.7 Å². The van der Waals surface area contributed by atoms with Gasteiger partial charge < -0.3 is 15.1 Å². The first-order valence-electron chi connectivity index (χ1n) is 10.8. The van der Waals surface area contributed by atoms with Gasteiger partial charge in [-0.2, -0.15) is 0 Å². The Morgan fingerprint density at radius 2 is 1.59 bits per heavy atom. The lowest BCUT2D eigenvalue weighted by molar-refractivity contribution is -0.136. The predicted octanol–water partition coefficient (Wildman–Crippen LogP) is 5.66. The molecule has 0 unspecified atom stereocenters. The highest BCUT2D eigenvalue weighted by atomic mass is 79.9. The zero-order chi connectivity index (χ0) is 22.4. The third-order valence-electron chi connectivity index (χ3n) is 5.47. The Morgan fingerprint density at radius 1 is 1.10 bits per heavy atom. The Bertz CT molecular complexity index is 678. The van der Waals surface area contributed by atoms with E-state index in [1.165, 1.54) is 32.1 Å². The smallest absolute Gasteiger partial charge is 0.307 e. The molecule has 2 N–H and O–H groups in total. The summed E-state index contributed by atoms with van der Waals surface area (Å²) >= 11 is 3.65. The van der Waals surface area contributed by atoms with Crippen molar-refractivity contribution < 1.29 is 15.0 Å². The van der Waals surface area contributed by atoms with Crippen LogP contribution in [0.2, 0.25) is 0 Å². The van der Waals surface area contributed by atoms with Gasteiger partial charge in [-0.3, -0.25) is 9.78 Å². The molecule has 3 rings (SSSR count). The molecule has 166 valence electrons. The lowest BCUT2D eigenvalue weighted by atomic mass is 9.63. The normalized spacial score (nSPS) is 17.5. The van der Waals surface area contributed by atoms with Gasteiger partial charge >= 0.3 is 5.97 Å². The van der Waals surface area contributed by atoms with Gasteiger partial charge in [0, 0.05) is 24.3 Å². The molecule has 29 heavy (non-hydrogen) atoms. The van der Waals surface area contributed by atoms with Crippen LogP contribution in [0, 0.1) is 19.3 Å². The van der Waals surface area contributed by atoms with E-state index in [4.69, 9.17) is 5.11 Å². The summed E-state index contributed by atoms with van der Waals surface area (Å²) < 4.78 is 0.957. The Morgan fingerprint density at radius 3 is 1.97 bits per heavy atom. The van der Waals surface area contributed by atoms with E-state index in [0.29, 0.717) is 5.41 Å². The SMILES string of the molecule is CC.CC(C)(C)O.Cc1nc(C)c(CC(=O)O)c(N2CCC3(CCC3)CC2)c1Br. The molecule has 1 aromatic rings. The number of pyridine rings is 1. The van der Waals surface area contributed by atoms with Crippen LogP contribution in [0.4, 0.5) is 5.69 Å². The van der Waals surface area contributed by atoms with Crippen molar-refractivity contribution >= 4 is 27.6 Å². The van der Waals surface area contributed by atoms with Crippen LogP contribution in [0.5, 0.6) is 0 Å². The van der Waals surface area contributed by atoms with Crippen LogP contribution in [-0.2, 0) is 11.2 Å². The number of aromatic nitrogens is 1. The minimum atomic E-state index is -0.797. The topological polar surface area (TPSA) is 73.7 Å². The third-order valence-corrected chi connectivity index (χ3v) is 6.42. The summed E-state index contributed by atoms with van der Waals surface area (Å²) in [7, 11) is 0. The number of carbonyl (C=O) groups is 1. The number of anilines is 1. The number of nitrogens with zero attached hydrogens (tertiary/aromatic N) is 2. The second-order valence-corrected chi connectivity index (χ2v) is 9.80. The molecule has 1 spiro atoms. The highest BCUT2D eigenvalue weighted by molar-refractivity contribution is 9.10.